The van der Waals surface area contributed by atoms with Crippen LogP contribution < -0.4 is 5.56 Å². The van der Waals surface area contributed by atoms with Crippen LogP contribution in [0.25, 0.3) is 11.4 Å². The van der Waals surface area contributed by atoms with Gasteiger partial charge in [0.2, 0.25) is 0 Å². The molecule has 2 N–H and O–H groups in total. The van der Waals surface area contributed by atoms with Crippen molar-refractivity contribution in [3.63, 3.8) is 0 Å². The molecule has 0 aliphatic carbocycles. The predicted molar refractivity (Wildman–Crippen MR) is 75.1 cm³/mol. The number of rotatable bonds is 3. The summed E-state index contributed by atoms with van der Waals surface area (Å²) in [7, 11) is -3.31. The first-order valence-electron chi connectivity index (χ1n) is 5.85. The molecule has 1 heterocycles. The Morgan fingerprint density at radius 2 is 1.81 bits per heavy atom. The smallest absolute Gasteiger partial charge is 0.343 e. The summed E-state index contributed by atoms with van der Waals surface area (Å²) in [5.41, 5.74) is -0.586. The maximum atomic E-state index is 11.7. The Kier molecular flexibility index (Phi) is 3.65. The Morgan fingerprint density at radius 3 is 2.24 bits per heavy atom. The highest BCUT2D eigenvalue weighted by atomic mass is 32.2. The quantitative estimate of drug-likeness (QED) is 0.868. The van der Waals surface area contributed by atoms with Gasteiger partial charge in [-0.25, -0.2) is 18.2 Å². The summed E-state index contributed by atoms with van der Waals surface area (Å²) >= 11 is 0. The number of carboxylic acid groups (broad SMARTS) is 1. The van der Waals surface area contributed by atoms with Gasteiger partial charge < -0.3 is 10.1 Å². The lowest BCUT2D eigenvalue weighted by atomic mass is 10.2. The zero-order valence-corrected chi connectivity index (χ0v) is 12.1. The number of sulfone groups is 1. The van der Waals surface area contributed by atoms with Crippen LogP contribution in [0.15, 0.2) is 34.0 Å². The maximum Gasteiger partial charge on any atom is 0.343 e. The molecule has 21 heavy (non-hydrogen) atoms. The van der Waals surface area contributed by atoms with E-state index >= 15 is 0 Å². The van der Waals surface area contributed by atoms with Gasteiger partial charge in [0, 0.05) is 11.8 Å². The van der Waals surface area contributed by atoms with Crippen molar-refractivity contribution < 1.29 is 18.3 Å². The van der Waals surface area contributed by atoms with Crippen LogP contribution in [0.3, 0.4) is 0 Å². The highest BCUT2D eigenvalue weighted by molar-refractivity contribution is 7.90. The molecule has 110 valence electrons. The number of hydrogen-bond acceptors (Lipinski definition) is 5. The van der Waals surface area contributed by atoms with Gasteiger partial charge in [0.1, 0.15) is 11.4 Å². The van der Waals surface area contributed by atoms with Crippen molar-refractivity contribution in [3.8, 4) is 11.4 Å². The molecule has 0 bridgehead atoms. The topological polar surface area (TPSA) is 117 Å². The number of hydrogen-bond donors (Lipinski definition) is 2. The first kappa shape index (κ1) is 14.9. The first-order chi connectivity index (χ1) is 9.70. The molecular formula is C13H12N2O5S. The molecule has 0 radical (unpaired) electrons. The fourth-order valence-electron chi connectivity index (χ4n) is 1.83. The van der Waals surface area contributed by atoms with Gasteiger partial charge in [-0.3, -0.25) is 4.79 Å². The molecule has 2 rings (SSSR count). The van der Waals surface area contributed by atoms with E-state index < -0.39 is 26.9 Å². The van der Waals surface area contributed by atoms with Crippen LogP contribution in [-0.4, -0.2) is 35.7 Å². The first-order valence-corrected chi connectivity index (χ1v) is 7.74. The molecule has 1 aromatic heterocycles. The summed E-state index contributed by atoms with van der Waals surface area (Å²) in [5, 5.41) is 8.91. The van der Waals surface area contributed by atoms with Crippen LogP contribution in [0.2, 0.25) is 0 Å². The Bertz CT molecular complexity index is 866. The van der Waals surface area contributed by atoms with E-state index in [1.54, 1.807) is 0 Å². The minimum atomic E-state index is -3.31. The van der Waals surface area contributed by atoms with Crippen molar-refractivity contribution in [2.75, 3.05) is 6.26 Å². The van der Waals surface area contributed by atoms with Gasteiger partial charge in [0.05, 0.1) is 10.6 Å². The van der Waals surface area contributed by atoms with E-state index in [4.69, 9.17) is 5.11 Å². The molecule has 8 heteroatoms. The standard InChI is InChI=1S/C13H12N2O5S/c1-7-10(13(17)18)12(16)15-11(14-7)8-3-5-9(6-4-8)21(2,19)20/h3-6H,1-2H3,(H,17,18)(H,14,15,16). The second-order valence-corrected chi connectivity index (χ2v) is 6.49. The molecule has 0 fully saturated rings. The summed E-state index contributed by atoms with van der Waals surface area (Å²) in [6.45, 7) is 1.42. The van der Waals surface area contributed by atoms with Gasteiger partial charge >= 0.3 is 5.97 Å². The second kappa shape index (κ2) is 5.13. The minimum Gasteiger partial charge on any atom is -0.477 e. The fraction of sp³-hybridized carbons (Fsp3) is 0.154. The van der Waals surface area contributed by atoms with Crippen molar-refractivity contribution in [1.29, 1.82) is 0 Å². The molecule has 0 aliphatic rings. The maximum absolute atomic E-state index is 11.7. The van der Waals surface area contributed by atoms with Crippen molar-refractivity contribution in [2.24, 2.45) is 0 Å². The largest absolute Gasteiger partial charge is 0.477 e. The lowest BCUT2D eigenvalue weighted by molar-refractivity contribution is 0.0693. The minimum absolute atomic E-state index is 0.0911. The predicted octanol–water partition coefficient (Wildman–Crippen LogP) is 0.847. The summed E-state index contributed by atoms with van der Waals surface area (Å²) < 4.78 is 22.7. The molecule has 0 saturated carbocycles. The van der Waals surface area contributed by atoms with E-state index in [9.17, 15) is 18.0 Å². The second-order valence-electron chi connectivity index (χ2n) is 4.48. The number of aromatic amines is 1. The zero-order chi connectivity index (χ0) is 15.8. The van der Waals surface area contributed by atoms with Crippen LogP contribution in [-0.2, 0) is 9.84 Å². The Morgan fingerprint density at radius 1 is 1.24 bits per heavy atom. The van der Waals surface area contributed by atoms with Crippen molar-refractivity contribution >= 4 is 15.8 Å². The van der Waals surface area contributed by atoms with E-state index in [1.165, 1.54) is 31.2 Å². The third-order valence-corrected chi connectivity index (χ3v) is 4.00. The van der Waals surface area contributed by atoms with E-state index in [0.717, 1.165) is 6.26 Å². The third kappa shape index (κ3) is 3.00. The number of aromatic nitrogens is 2. The number of H-pyrrole nitrogens is 1. The van der Waals surface area contributed by atoms with Crippen LogP contribution in [0.5, 0.6) is 0 Å². The van der Waals surface area contributed by atoms with E-state index in [-0.39, 0.29) is 16.4 Å². The highest BCUT2D eigenvalue weighted by Crippen LogP contribution is 2.18. The number of carboxylic acids is 1. The van der Waals surface area contributed by atoms with Crippen LogP contribution in [0, 0.1) is 6.92 Å². The molecule has 2 aromatic rings. The molecular weight excluding hydrogens is 296 g/mol. The van der Waals surface area contributed by atoms with E-state index in [1.807, 2.05) is 0 Å². The van der Waals surface area contributed by atoms with Gasteiger partial charge in [0.25, 0.3) is 5.56 Å². The summed E-state index contributed by atoms with van der Waals surface area (Å²) in [6.07, 6.45) is 1.09. The number of benzene rings is 1. The van der Waals surface area contributed by atoms with Crippen molar-refractivity contribution in [2.45, 2.75) is 11.8 Å². The highest BCUT2D eigenvalue weighted by Gasteiger charge is 2.16. The van der Waals surface area contributed by atoms with Crippen LogP contribution in [0.1, 0.15) is 16.1 Å². The van der Waals surface area contributed by atoms with Gasteiger partial charge in [-0.1, -0.05) is 0 Å². The molecule has 0 aliphatic heterocycles. The van der Waals surface area contributed by atoms with Gasteiger partial charge in [-0.05, 0) is 31.2 Å². The summed E-state index contributed by atoms with van der Waals surface area (Å²) in [5.74, 6) is -1.16. The molecule has 0 saturated heterocycles. The monoisotopic (exact) mass is 308 g/mol. The van der Waals surface area contributed by atoms with Gasteiger partial charge in [0.15, 0.2) is 9.84 Å². The Labute approximate surface area is 120 Å². The molecule has 0 spiro atoms. The van der Waals surface area contributed by atoms with E-state index in [2.05, 4.69) is 9.97 Å². The number of nitrogens with zero attached hydrogens (tertiary/aromatic N) is 1. The molecule has 0 atom stereocenters. The summed E-state index contributed by atoms with van der Waals surface area (Å²) in [4.78, 5) is 29.2. The lowest BCUT2D eigenvalue weighted by Gasteiger charge is -2.05. The number of aromatic carboxylic acids is 1. The SMILES string of the molecule is Cc1nc(-c2ccc(S(C)(=O)=O)cc2)[nH]c(=O)c1C(=O)O. The van der Waals surface area contributed by atoms with Gasteiger partial charge in [-0.15, -0.1) is 0 Å². The zero-order valence-electron chi connectivity index (χ0n) is 11.2. The lowest BCUT2D eigenvalue weighted by Crippen LogP contribution is -2.21. The molecule has 0 unspecified atom stereocenters. The third-order valence-electron chi connectivity index (χ3n) is 2.87. The van der Waals surface area contributed by atoms with Crippen LogP contribution in [0.4, 0.5) is 0 Å². The summed E-state index contributed by atoms with van der Waals surface area (Å²) in [6, 6.07) is 5.78. The Balaban J connectivity index is 2.54. The molecule has 0 amide bonds. The fourth-order valence-corrected chi connectivity index (χ4v) is 2.46. The number of aryl methyl sites for hydroxylation is 1. The number of nitrogens with one attached hydrogen (secondary N) is 1. The van der Waals surface area contributed by atoms with Crippen molar-refractivity contribution in [1.82, 2.24) is 9.97 Å². The average molecular weight is 308 g/mol. The Hall–Kier alpha value is -2.48. The normalized spacial score (nSPS) is 11.3. The molecule has 1 aromatic carbocycles. The molecule has 7 nitrogen and oxygen atoms in total. The average Bonchev–Trinajstić information content (AvgIpc) is 2.36. The van der Waals surface area contributed by atoms with E-state index in [0.29, 0.717) is 5.56 Å². The number of carbonyl (C=O) groups is 1. The van der Waals surface area contributed by atoms with Gasteiger partial charge in [-0.2, -0.15) is 0 Å². The van der Waals surface area contributed by atoms with Crippen LogP contribution >= 0.6 is 0 Å². The van der Waals surface area contributed by atoms with Crippen molar-refractivity contribution in [3.05, 3.63) is 45.9 Å².